The normalized spacial score (nSPS) is 17.3. The topological polar surface area (TPSA) is 59.1 Å². The zero-order valence-electron chi connectivity index (χ0n) is 22.0. The highest BCUT2D eigenvalue weighted by Gasteiger charge is 2.41. The Bertz CT molecular complexity index is 1290. The molecule has 40 heavy (non-hydrogen) atoms. The minimum atomic E-state index is -4.82. The second-order valence-electron chi connectivity index (χ2n) is 10.1. The summed E-state index contributed by atoms with van der Waals surface area (Å²) in [4.78, 5) is 30.1. The van der Waals surface area contributed by atoms with Crippen LogP contribution in [0.1, 0.15) is 35.2 Å². The van der Waals surface area contributed by atoms with E-state index in [1.54, 1.807) is 41.1 Å². The fourth-order valence-corrected chi connectivity index (χ4v) is 4.97. The van der Waals surface area contributed by atoms with Gasteiger partial charge in [0.2, 0.25) is 5.91 Å². The Morgan fingerprint density at radius 1 is 0.975 bits per heavy atom. The molecule has 3 aromatic carbocycles. The molecule has 212 valence electrons. The highest BCUT2D eigenvalue weighted by Crippen LogP contribution is 2.36. The lowest BCUT2D eigenvalue weighted by molar-refractivity contribution is -0.274. The number of hydrogen-bond acceptors (Lipinski definition) is 4. The van der Waals surface area contributed by atoms with E-state index in [2.05, 4.69) is 4.74 Å². The van der Waals surface area contributed by atoms with Crippen molar-refractivity contribution < 1.29 is 32.2 Å². The Balaban J connectivity index is 1.51. The molecular formula is C30H30ClF3N2O4. The molecule has 2 amide bonds. The van der Waals surface area contributed by atoms with Gasteiger partial charge in [0, 0.05) is 49.1 Å². The van der Waals surface area contributed by atoms with Gasteiger partial charge in [-0.25, -0.2) is 0 Å². The highest BCUT2D eigenvalue weighted by molar-refractivity contribution is 6.30. The van der Waals surface area contributed by atoms with Gasteiger partial charge in [0.05, 0.1) is 6.61 Å². The maximum absolute atomic E-state index is 13.4. The summed E-state index contributed by atoms with van der Waals surface area (Å²) in [6, 6.07) is 21.4. The van der Waals surface area contributed by atoms with E-state index < -0.39 is 17.5 Å². The molecule has 1 aliphatic rings. The van der Waals surface area contributed by atoms with E-state index in [9.17, 15) is 22.8 Å². The molecule has 0 aliphatic carbocycles. The second kappa shape index (κ2) is 12.6. The van der Waals surface area contributed by atoms with Crippen LogP contribution in [0.2, 0.25) is 5.02 Å². The third-order valence-corrected chi connectivity index (χ3v) is 7.11. The van der Waals surface area contributed by atoms with E-state index in [0.29, 0.717) is 36.7 Å². The molecule has 0 aromatic heterocycles. The number of halogens is 4. The van der Waals surface area contributed by atoms with Crippen molar-refractivity contribution in [2.75, 3.05) is 26.7 Å². The highest BCUT2D eigenvalue weighted by atomic mass is 35.5. The van der Waals surface area contributed by atoms with Crippen LogP contribution in [0, 0.1) is 5.41 Å². The molecule has 0 N–H and O–H groups in total. The first-order valence-corrected chi connectivity index (χ1v) is 13.2. The number of amides is 2. The number of carbonyl (C=O) groups excluding carboxylic acids is 2. The molecule has 4 rings (SSSR count). The van der Waals surface area contributed by atoms with Gasteiger partial charge in [-0.3, -0.25) is 9.59 Å². The fourth-order valence-electron chi connectivity index (χ4n) is 4.84. The van der Waals surface area contributed by atoms with Gasteiger partial charge in [-0.2, -0.15) is 0 Å². The lowest BCUT2D eigenvalue weighted by Crippen LogP contribution is -2.50. The first kappa shape index (κ1) is 29.3. The summed E-state index contributed by atoms with van der Waals surface area (Å²) in [7, 11) is 1.75. The van der Waals surface area contributed by atoms with Crippen LogP contribution < -0.4 is 9.47 Å². The number of piperidine rings is 1. The number of alkyl halides is 3. The standard InChI is InChI=1S/C30H30ClF3N2O4/c1-35(19-22-6-3-2-4-7-22)27(37)18-29(21-39-25-14-10-24(31)11-15-25)16-5-17-36(20-29)28(38)23-8-12-26(13-9-23)40-30(32,33)34/h2-4,6-15H,5,16-21H2,1H3/t29-/m1/s1. The van der Waals surface area contributed by atoms with Crippen LogP contribution >= 0.6 is 11.6 Å². The van der Waals surface area contributed by atoms with Crippen LogP contribution in [-0.2, 0) is 11.3 Å². The van der Waals surface area contributed by atoms with E-state index in [-0.39, 0.29) is 37.0 Å². The molecule has 0 bridgehead atoms. The van der Waals surface area contributed by atoms with E-state index in [1.165, 1.54) is 12.1 Å². The molecule has 1 atom stereocenters. The van der Waals surface area contributed by atoms with E-state index in [0.717, 1.165) is 17.7 Å². The molecule has 0 spiro atoms. The number of benzene rings is 3. The Morgan fingerprint density at radius 2 is 1.62 bits per heavy atom. The molecular weight excluding hydrogens is 545 g/mol. The van der Waals surface area contributed by atoms with Crippen LogP contribution in [0.4, 0.5) is 13.2 Å². The average Bonchev–Trinajstić information content (AvgIpc) is 2.92. The lowest BCUT2D eigenvalue weighted by atomic mass is 9.77. The summed E-state index contributed by atoms with van der Waals surface area (Å²) in [5.41, 5.74) is 0.564. The monoisotopic (exact) mass is 574 g/mol. The van der Waals surface area contributed by atoms with E-state index in [4.69, 9.17) is 16.3 Å². The molecule has 1 aliphatic heterocycles. The largest absolute Gasteiger partial charge is 0.573 e. The molecule has 1 saturated heterocycles. The van der Waals surface area contributed by atoms with Crippen LogP contribution in [-0.4, -0.2) is 54.7 Å². The molecule has 0 saturated carbocycles. The van der Waals surface area contributed by atoms with Crippen LogP contribution in [0.3, 0.4) is 0 Å². The van der Waals surface area contributed by atoms with Crippen LogP contribution in [0.25, 0.3) is 0 Å². The maximum atomic E-state index is 13.4. The first-order chi connectivity index (χ1) is 19.0. The predicted octanol–water partition coefficient (Wildman–Crippen LogP) is 6.59. The molecule has 10 heteroatoms. The van der Waals surface area contributed by atoms with Gasteiger partial charge in [-0.1, -0.05) is 41.9 Å². The van der Waals surface area contributed by atoms with E-state index in [1.807, 2.05) is 30.3 Å². The summed E-state index contributed by atoms with van der Waals surface area (Å²) >= 11 is 6.00. The van der Waals surface area contributed by atoms with Gasteiger partial charge in [-0.15, -0.1) is 13.2 Å². The molecule has 1 fully saturated rings. The van der Waals surface area contributed by atoms with Gasteiger partial charge in [0.1, 0.15) is 11.5 Å². The van der Waals surface area contributed by atoms with Crippen molar-refractivity contribution in [2.45, 2.75) is 32.2 Å². The number of likely N-dealkylation sites (tertiary alicyclic amines) is 1. The van der Waals surface area contributed by atoms with E-state index >= 15 is 0 Å². The Hall–Kier alpha value is -3.72. The fraction of sp³-hybridized carbons (Fsp3) is 0.333. The van der Waals surface area contributed by atoms with Crippen molar-refractivity contribution in [3.8, 4) is 11.5 Å². The van der Waals surface area contributed by atoms with Crippen molar-refractivity contribution in [2.24, 2.45) is 5.41 Å². The van der Waals surface area contributed by atoms with Crippen molar-refractivity contribution in [3.63, 3.8) is 0 Å². The van der Waals surface area contributed by atoms with Gasteiger partial charge >= 0.3 is 6.36 Å². The van der Waals surface area contributed by atoms with Crippen LogP contribution in [0.15, 0.2) is 78.9 Å². The van der Waals surface area contributed by atoms with Gasteiger partial charge in [0.15, 0.2) is 0 Å². The third kappa shape index (κ3) is 8.14. The minimum absolute atomic E-state index is 0.0773. The Morgan fingerprint density at radius 3 is 2.27 bits per heavy atom. The molecule has 0 radical (unpaired) electrons. The molecule has 6 nitrogen and oxygen atoms in total. The predicted molar refractivity (Wildman–Crippen MR) is 145 cm³/mol. The Kier molecular flexibility index (Phi) is 9.25. The molecule has 0 unspecified atom stereocenters. The SMILES string of the molecule is CN(Cc1ccccc1)C(=O)C[C@]1(COc2ccc(Cl)cc2)CCCN(C(=O)c2ccc(OC(F)(F)F)cc2)C1. The average molecular weight is 575 g/mol. The smallest absolute Gasteiger partial charge is 0.493 e. The van der Waals surface area contributed by atoms with Gasteiger partial charge < -0.3 is 19.3 Å². The summed E-state index contributed by atoms with van der Waals surface area (Å²) in [5.74, 6) is -0.219. The van der Waals surface area contributed by atoms with Crippen molar-refractivity contribution >= 4 is 23.4 Å². The quantitative estimate of drug-likeness (QED) is 0.289. The van der Waals surface area contributed by atoms with Crippen molar-refractivity contribution in [3.05, 3.63) is 95.0 Å². The zero-order valence-corrected chi connectivity index (χ0v) is 22.8. The number of hydrogen-bond donors (Lipinski definition) is 0. The maximum Gasteiger partial charge on any atom is 0.573 e. The summed E-state index contributed by atoms with van der Waals surface area (Å²) in [6.45, 7) is 1.35. The number of nitrogens with zero attached hydrogens (tertiary/aromatic N) is 2. The summed E-state index contributed by atoms with van der Waals surface area (Å²) < 4.78 is 47.6. The second-order valence-corrected chi connectivity index (χ2v) is 10.5. The lowest BCUT2D eigenvalue weighted by Gasteiger charge is -2.43. The molecule has 3 aromatic rings. The van der Waals surface area contributed by atoms with Crippen LogP contribution in [0.5, 0.6) is 11.5 Å². The summed E-state index contributed by atoms with van der Waals surface area (Å²) in [5, 5.41) is 0.570. The van der Waals surface area contributed by atoms with Gasteiger partial charge in [-0.05, 0) is 66.9 Å². The first-order valence-electron chi connectivity index (χ1n) is 12.8. The number of ether oxygens (including phenoxy) is 2. The van der Waals surface area contributed by atoms with Crippen molar-refractivity contribution in [1.29, 1.82) is 0 Å². The zero-order chi connectivity index (χ0) is 28.8. The van der Waals surface area contributed by atoms with Gasteiger partial charge in [0.25, 0.3) is 5.91 Å². The molecule has 1 heterocycles. The summed E-state index contributed by atoms with van der Waals surface area (Å²) in [6.07, 6.45) is -3.36. The third-order valence-electron chi connectivity index (χ3n) is 6.86. The number of rotatable bonds is 9. The van der Waals surface area contributed by atoms with Crippen molar-refractivity contribution in [1.82, 2.24) is 9.80 Å². The minimum Gasteiger partial charge on any atom is -0.493 e. The number of carbonyl (C=O) groups is 2. The Labute approximate surface area is 236 Å².